The molecule has 0 aliphatic rings. The van der Waals surface area contributed by atoms with Crippen molar-refractivity contribution in [3.8, 4) is 22.4 Å². The topological polar surface area (TPSA) is 119 Å². The van der Waals surface area contributed by atoms with Crippen LogP contribution < -0.4 is 5.14 Å². The number of rotatable bonds is 5. The van der Waals surface area contributed by atoms with Gasteiger partial charge in [-0.05, 0) is 29.8 Å². The second-order valence-corrected chi connectivity index (χ2v) is 7.64. The molecule has 8 nitrogen and oxygen atoms in total. The minimum Gasteiger partial charge on any atom is -0.286 e. The summed E-state index contributed by atoms with van der Waals surface area (Å²) in [5.41, 5.74) is 2.30. The Labute approximate surface area is 160 Å². The lowest BCUT2D eigenvalue weighted by molar-refractivity contribution is -0.160. The van der Waals surface area contributed by atoms with Gasteiger partial charge >= 0.3 is 0 Å². The van der Waals surface area contributed by atoms with Crippen LogP contribution in [0.15, 0.2) is 59.6 Å². The number of benzene rings is 2. The number of aromatic nitrogens is 2. The van der Waals surface area contributed by atoms with Crippen LogP contribution >= 0.6 is 0 Å². The van der Waals surface area contributed by atoms with Crippen molar-refractivity contribution in [3.05, 3.63) is 60.5 Å². The van der Waals surface area contributed by atoms with Crippen LogP contribution in [0.25, 0.3) is 22.4 Å². The minimum absolute atomic E-state index is 0.0453. The molecule has 3 rings (SSSR count). The summed E-state index contributed by atoms with van der Waals surface area (Å²) in [5.74, 6) is -0.975. The van der Waals surface area contributed by atoms with Crippen molar-refractivity contribution in [2.75, 3.05) is 7.05 Å². The molecule has 0 aliphatic heterocycles. The standard InChI is InChI=1S/C18H17FN4O4S/c1-22(25)17(24)11-23-10-16(12-2-6-14(19)7-3-12)18(21-23)13-4-8-15(9-5-13)28(20,26)27/h2-10,25H,11H2,1H3,(H2,20,26,27). The van der Waals surface area contributed by atoms with Gasteiger partial charge in [0.15, 0.2) is 0 Å². The Morgan fingerprint density at radius 3 is 2.25 bits per heavy atom. The number of hydrogen-bond donors (Lipinski definition) is 2. The Kier molecular flexibility index (Phi) is 5.27. The first-order chi connectivity index (χ1) is 13.1. The fourth-order valence-electron chi connectivity index (χ4n) is 2.60. The lowest BCUT2D eigenvalue weighted by Crippen LogP contribution is -2.27. The summed E-state index contributed by atoms with van der Waals surface area (Å²) in [4.78, 5) is 11.7. The number of sulfonamides is 1. The van der Waals surface area contributed by atoms with Gasteiger partial charge in [0.25, 0.3) is 5.91 Å². The van der Waals surface area contributed by atoms with Crippen LogP contribution in [-0.4, -0.2) is 41.4 Å². The van der Waals surface area contributed by atoms with Gasteiger partial charge in [0.1, 0.15) is 18.1 Å². The molecule has 3 N–H and O–H groups in total. The number of hydrogen-bond acceptors (Lipinski definition) is 5. The minimum atomic E-state index is -3.83. The largest absolute Gasteiger partial charge is 0.286 e. The number of likely N-dealkylation sites (N-methyl/N-ethyl adjacent to an activating group) is 1. The molecule has 0 radical (unpaired) electrons. The third-order valence-corrected chi connectivity index (χ3v) is 4.96. The van der Waals surface area contributed by atoms with Crippen LogP contribution in [0.4, 0.5) is 4.39 Å². The molecule has 0 fully saturated rings. The lowest BCUT2D eigenvalue weighted by Gasteiger charge is -2.07. The molecule has 1 amide bonds. The van der Waals surface area contributed by atoms with Gasteiger partial charge in [-0.2, -0.15) is 5.10 Å². The maximum atomic E-state index is 13.3. The first kappa shape index (κ1) is 19.7. The van der Waals surface area contributed by atoms with E-state index in [-0.39, 0.29) is 11.4 Å². The van der Waals surface area contributed by atoms with E-state index in [1.54, 1.807) is 30.5 Å². The third kappa shape index (κ3) is 4.25. The van der Waals surface area contributed by atoms with Crippen molar-refractivity contribution >= 4 is 15.9 Å². The predicted octanol–water partition coefficient (Wildman–Crippen LogP) is 1.85. The Morgan fingerprint density at radius 2 is 1.71 bits per heavy atom. The zero-order chi connectivity index (χ0) is 20.5. The molecule has 28 heavy (non-hydrogen) atoms. The summed E-state index contributed by atoms with van der Waals surface area (Å²) in [6.45, 7) is -0.212. The normalized spacial score (nSPS) is 11.4. The van der Waals surface area contributed by atoms with Gasteiger partial charge in [0.2, 0.25) is 10.0 Å². The van der Waals surface area contributed by atoms with Gasteiger partial charge < -0.3 is 0 Å². The van der Waals surface area contributed by atoms with Crippen molar-refractivity contribution in [2.45, 2.75) is 11.4 Å². The van der Waals surface area contributed by atoms with E-state index in [2.05, 4.69) is 5.10 Å². The quantitative estimate of drug-likeness (QED) is 0.497. The van der Waals surface area contributed by atoms with E-state index in [4.69, 9.17) is 5.14 Å². The summed E-state index contributed by atoms with van der Waals surface area (Å²) in [7, 11) is -2.63. The molecule has 146 valence electrons. The van der Waals surface area contributed by atoms with E-state index < -0.39 is 21.7 Å². The van der Waals surface area contributed by atoms with Crippen molar-refractivity contribution in [1.29, 1.82) is 0 Å². The van der Waals surface area contributed by atoms with E-state index >= 15 is 0 Å². The van der Waals surface area contributed by atoms with Crippen LogP contribution in [-0.2, 0) is 21.4 Å². The summed E-state index contributed by atoms with van der Waals surface area (Å²) in [6, 6.07) is 11.5. The molecule has 10 heteroatoms. The average Bonchev–Trinajstić information content (AvgIpc) is 3.05. The first-order valence-corrected chi connectivity index (χ1v) is 9.62. The van der Waals surface area contributed by atoms with E-state index in [0.29, 0.717) is 27.4 Å². The summed E-state index contributed by atoms with van der Waals surface area (Å²) < 4.78 is 37.5. The second kappa shape index (κ2) is 7.50. The summed E-state index contributed by atoms with van der Waals surface area (Å²) in [6.07, 6.45) is 1.59. The molecule has 2 aromatic carbocycles. The number of hydroxylamine groups is 2. The fourth-order valence-corrected chi connectivity index (χ4v) is 3.12. The van der Waals surface area contributed by atoms with Crippen LogP contribution in [0.3, 0.4) is 0 Å². The monoisotopic (exact) mass is 404 g/mol. The number of primary sulfonamides is 1. The second-order valence-electron chi connectivity index (χ2n) is 6.08. The van der Waals surface area contributed by atoms with E-state index in [9.17, 15) is 22.8 Å². The molecule has 0 bridgehead atoms. The Balaban J connectivity index is 2.08. The van der Waals surface area contributed by atoms with Gasteiger partial charge in [0, 0.05) is 24.4 Å². The number of amides is 1. The molecule has 0 unspecified atom stereocenters. The van der Waals surface area contributed by atoms with Gasteiger partial charge in [0.05, 0.1) is 4.90 Å². The zero-order valence-corrected chi connectivity index (χ0v) is 15.6. The van der Waals surface area contributed by atoms with Crippen LogP contribution in [0.5, 0.6) is 0 Å². The number of carbonyl (C=O) groups excluding carboxylic acids is 1. The van der Waals surface area contributed by atoms with Crippen molar-refractivity contribution in [3.63, 3.8) is 0 Å². The lowest BCUT2D eigenvalue weighted by atomic mass is 10.0. The first-order valence-electron chi connectivity index (χ1n) is 8.07. The Morgan fingerprint density at radius 1 is 1.14 bits per heavy atom. The van der Waals surface area contributed by atoms with E-state index in [0.717, 1.165) is 0 Å². The van der Waals surface area contributed by atoms with E-state index in [1.807, 2.05) is 0 Å². The highest BCUT2D eigenvalue weighted by atomic mass is 32.2. The molecule has 1 aromatic heterocycles. The van der Waals surface area contributed by atoms with Gasteiger partial charge in [-0.15, -0.1) is 0 Å². The molecular formula is C18H17FN4O4S. The van der Waals surface area contributed by atoms with Gasteiger partial charge in [-0.25, -0.2) is 23.0 Å². The molecule has 0 aliphatic carbocycles. The van der Waals surface area contributed by atoms with Gasteiger partial charge in [-0.1, -0.05) is 24.3 Å². The Bertz CT molecular complexity index is 1110. The van der Waals surface area contributed by atoms with Gasteiger partial charge in [-0.3, -0.25) is 14.7 Å². The highest BCUT2D eigenvalue weighted by Crippen LogP contribution is 2.31. The maximum Gasteiger partial charge on any atom is 0.267 e. The average molecular weight is 404 g/mol. The molecule has 0 saturated carbocycles. The van der Waals surface area contributed by atoms with Crippen molar-refractivity contribution in [2.24, 2.45) is 5.14 Å². The van der Waals surface area contributed by atoms with Crippen LogP contribution in [0.1, 0.15) is 0 Å². The highest BCUT2D eigenvalue weighted by Gasteiger charge is 2.17. The summed E-state index contributed by atoms with van der Waals surface area (Å²) in [5, 5.41) is 19.2. The zero-order valence-electron chi connectivity index (χ0n) is 14.8. The van der Waals surface area contributed by atoms with E-state index in [1.165, 1.54) is 36.0 Å². The SMILES string of the molecule is CN(O)C(=O)Cn1cc(-c2ccc(F)cc2)c(-c2ccc(S(N)(=O)=O)cc2)n1. The molecule has 0 spiro atoms. The number of halogens is 1. The third-order valence-electron chi connectivity index (χ3n) is 4.03. The molecule has 0 atom stereocenters. The molecule has 3 aromatic rings. The highest BCUT2D eigenvalue weighted by molar-refractivity contribution is 7.89. The molecular weight excluding hydrogens is 387 g/mol. The molecule has 0 saturated heterocycles. The van der Waals surface area contributed by atoms with Crippen molar-refractivity contribution < 1.29 is 22.8 Å². The number of nitrogens with two attached hydrogens (primary N) is 1. The smallest absolute Gasteiger partial charge is 0.267 e. The fraction of sp³-hybridized carbons (Fsp3) is 0.111. The number of carbonyl (C=O) groups is 1. The summed E-state index contributed by atoms with van der Waals surface area (Å²) >= 11 is 0. The van der Waals surface area contributed by atoms with Crippen LogP contribution in [0.2, 0.25) is 0 Å². The Hall–Kier alpha value is -3.08. The number of nitrogens with zero attached hydrogens (tertiary/aromatic N) is 3. The predicted molar refractivity (Wildman–Crippen MR) is 99.0 cm³/mol. The maximum absolute atomic E-state index is 13.3. The van der Waals surface area contributed by atoms with Crippen LogP contribution in [0, 0.1) is 5.82 Å². The van der Waals surface area contributed by atoms with Crippen molar-refractivity contribution in [1.82, 2.24) is 14.8 Å². The molecule has 1 heterocycles.